The molecule has 1 heterocycles. The van der Waals surface area contributed by atoms with Gasteiger partial charge < -0.3 is 24.8 Å². The number of hydrogen-bond donors (Lipinski definition) is 2. The lowest BCUT2D eigenvalue weighted by atomic mass is 10.1. The number of urea groups is 1. The van der Waals surface area contributed by atoms with Gasteiger partial charge in [-0.25, -0.2) is 4.79 Å². The van der Waals surface area contributed by atoms with Crippen LogP contribution in [0.4, 0.5) is 4.79 Å². The Morgan fingerprint density at radius 1 is 1.22 bits per heavy atom. The van der Waals surface area contributed by atoms with Crippen LogP contribution in [0.1, 0.15) is 18.1 Å². The third-order valence-corrected chi connectivity index (χ3v) is 4.44. The molecule has 2 amide bonds. The van der Waals surface area contributed by atoms with Crippen LogP contribution in [0.3, 0.4) is 0 Å². The van der Waals surface area contributed by atoms with Crippen molar-refractivity contribution in [3.63, 3.8) is 0 Å². The SMILES string of the molecule is COc1cccc(CC(C)NC(=O)NCc2cc(Cl)c3c(c2)OCCO3)c1. The molecule has 0 radical (unpaired) electrons. The summed E-state index contributed by atoms with van der Waals surface area (Å²) in [4.78, 5) is 12.2. The molecule has 7 heteroatoms. The number of carbonyl (C=O) groups is 1. The number of fused-ring (bicyclic) bond motifs is 1. The van der Waals surface area contributed by atoms with E-state index < -0.39 is 0 Å². The second-order valence-corrected chi connectivity index (χ2v) is 6.79. The van der Waals surface area contributed by atoms with Crippen LogP contribution in [-0.4, -0.2) is 32.4 Å². The van der Waals surface area contributed by atoms with Gasteiger partial charge in [0, 0.05) is 12.6 Å². The van der Waals surface area contributed by atoms with E-state index >= 15 is 0 Å². The van der Waals surface area contributed by atoms with Gasteiger partial charge in [-0.15, -0.1) is 0 Å². The lowest BCUT2D eigenvalue weighted by Crippen LogP contribution is -2.41. The number of halogens is 1. The largest absolute Gasteiger partial charge is 0.497 e. The molecule has 0 fully saturated rings. The molecule has 27 heavy (non-hydrogen) atoms. The Morgan fingerprint density at radius 2 is 2.04 bits per heavy atom. The Labute approximate surface area is 163 Å². The summed E-state index contributed by atoms with van der Waals surface area (Å²) in [7, 11) is 1.64. The Kier molecular flexibility index (Phi) is 6.29. The van der Waals surface area contributed by atoms with E-state index in [0.717, 1.165) is 16.9 Å². The zero-order chi connectivity index (χ0) is 19.2. The lowest BCUT2D eigenvalue weighted by molar-refractivity contribution is 0.171. The molecule has 1 atom stereocenters. The third-order valence-electron chi connectivity index (χ3n) is 4.16. The number of carbonyl (C=O) groups excluding carboxylic acids is 1. The van der Waals surface area contributed by atoms with Gasteiger partial charge in [-0.1, -0.05) is 23.7 Å². The van der Waals surface area contributed by atoms with Crippen molar-refractivity contribution in [1.82, 2.24) is 10.6 Å². The topological polar surface area (TPSA) is 68.8 Å². The Hall–Kier alpha value is -2.60. The number of rotatable bonds is 6. The number of ether oxygens (including phenoxy) is 3. The summed E-state index contributed by atoms with van der Waals surface area (Å²) in [6.45, 7) is 3.27. The van der Waals surface area contributed by atoms with E-state index in [-0.39, 0.29) is 12.1 Å². The van der Waals surface area contributed by atoms with Crippen LogP contribution >= 0.6 is 11.6 Å². The Balaban J connectivity index is 1.51. The molecular formula is C20H23ClN2O4. The van der Waals surface area contributed by atoms with Crippen molar-refractivity contribution in [3.05, 3.63) is 52.5 Å². The van der Waals surface area contributed by atoms with E-state index in [1.54, 1.807) is 13.2 Å². The highest BCUT2D eigenvalue weighted by atomic mass is 35.5. The molecule has 1 unspecified atom stereocenters. The average Bonchev–Trinajstić information content (AvgIpc) is 2.66. The highest BCUT2D eigenvalue weighted by Gasteiger charge is 2.17. The number of nitrogens with one attached hydrogen (secondary N) is 2. The van der Waals surface area contributed by atoms with Gasteiger partial charge in [0.1, 0.15) is 19.0 Å². The molecule has 0 saturated carbocycles. The zero-order valence-electron chi connectivity index (χ0n) is 15.4. The zero-order valence-corrected chi connectivity index (χ0v) is 16.1. The van der Waals surface area contributed by atoms with E-state index in [2.05, 4.69) is 10.6 Å². The molecule has 3 rings (SSSR count). The van der Waals surface area contributed by atoms with E-state index in [9.17, 15) is 4.79 Å². The average molecular weight is 391 g/mol. The van der Waals surface area contributed by atoms with Crippen molar-refractivity contribution >= 4 is 17.6 Å². The number of hydrogen-bond acceptors (Lipinski definition) is 4. The van der Waals surface area contributed by atoms with Crippen LogP contribution in [0.15, 0.2) is 36.4 Å². The fraction of sp³-hybridized carbons (Fsp3) is 0.350. The van der Waals surface area contributed by atoms with E-state index in [4.69, 9.17) is 25.8 Å². The minimum absolute atomic E-state index is 0.0269. The van der Waals surface area contributed by atoms with E-state index in [1.807, 2.05) is 37.3 Å². The van der Waals surface area contributed by atoms with Gasteiger partial charge in [0.25, 0.3) is 0 Å². The van der Waals surface area contributed by atoms with Gasteiger partial charge in [-0.05, 0) is 48.7 Å². The highest BCUT2D eigenvalue weighted by molar-refractivity contribution is 6.32. The molecule has 2 N–H and O–H groups in total. The quantitative estimate of drug-likeness (QED) is 0.791. The Morgan fingerprint density at radius 3 is 2.85 bits per heavy atom. The van der Waals surface area contributed by atoms with Crippen molar-refractivity contribution in [3.8, 4) is 17.2 Å². The molecule has 144 valence electrons. The fourth-order valence-electron chi connectivity index (χ4n) is 2.93. The summed E-state index contributed by atoms with van der Waals surface area (Å²) in [5.41, 5.74) is 1.95. The molecular weight excluding hydrogens is 368 g/mol. The first kappa shape index (κ1) is 19.2. The molecule has 0 bridgehead atoms. The lowest BCUT2D eigenvalue weighted by Gasteiger charge is -2.20. The normalized spacial score (nSPS) is 13.6. The molecule has 0 spiro atoms. The maximum Gasteiger partial charge on any atom is 0.315 e. The molecule has 0 aromatic heterocycles. The van der Waals surface area contributed by atoms with E-state index in [0.29, 0.717) is 42.7 Å². The summed E-state index contributed by atoms with van der Waals surface area (Å²) in [6.07, 6.45) is 0.709. The van der Waals surface area contributed by atoms with Crippen LogP contribution in [0.2, 0.25) is 5.02 Å². The molecule has 6 nitrogen and oxygen atoms in total. The maximum absolute atomic E-state index is 12.2. The molecule has 1 aliphatic rings. The summed E-state index contributed by atoms with van der Waals surface area (Å²) in [6, 6.07) is 11.1. The summed E-state index contributed by atoms with van der Waals surface area (Å²) in [5.74, 6) is 1.97. The molecule has 2 aromatic rings. The first-order valence-electron chi connectivity index (χ1n) is 8.80. The second kappa shape index (κ2) is 8.86. The molecule has 1 aliphatic heterocycles. The summed E-state index contributed by atoms with van der Waals surface area (Å²) in [5, 5.41) is 6.26. The molecule has 0 aliphatic carbocycles. The van der Waals surface area contributed by atoms with Gasteiger partial charge in [-0.3, -0.25) is 0 Å². The minimum atomic E-state index is -0.239. The van der Waals surface area contributed by atoms with Crippen molar-refractivity contribution < 1.29 is 19.0 Å². The number of benzene rings is 2. The van der Waals surface area contributed by atoms with Crippen molar-refractivity contribution in [1.29, 1.82) is 0 Å². The van der Waals surface area contributed by atoms with Crippen LogP contribution in [0.5, 0.6) is 17.2 Å². The summed E-state index contributed by atoms with van der Waals surface area (Å²) < 4.78 is 16.3. The monoisotopic (exact) mass is 390 g/mol. The van der Waals surface area contributed by atoms with E-state index in [1.165, 1.54) is 0 Å². The van der Waals surface area contributed by atoms with Gasteiger partial charge >= 0.3 is 6.03 Å². The van der Waals surface area contributed by atoms with Gasteiger partial charge in [0.15, 0.2) is 11.5 Å². The second-order valence-electron chi connectivity index (χ2n) is 6.39. The van der Waals surface area contributed by atoms with Crippen LogP contribution < -0.4 is 24.8 Å². The maximum atomic E-state index is 12.2. The van der Waals surface area contributed by atoms with Crippen molar-refractivity contribution in [2.24, 2.45) is 0 Å². The first-order valence-corrected chi connectivity index (χ1v) is 9.18. The van der Waals surface area contributed by atoms with Crippen molar-refractivity contribution in [2.75, 3.05) is 20.3 Å². The van der Waals surface area contributed by atoms with Crippen molar-refractivity contribution in [2.45, 2.75) is 25.9 Å². The molecule has 2 aromatic carbocycles. The van der Waals surface area contributed by atoms with Crippen LogP contribution in [0, 0.1) is 0 Å². The predicted molar refractivity (Wildman–Crippen MR) is 104 cm³/mol. The Bertz CT molecular complexity index is 813. The first-order chi connectivity index (χ1) is 13.0. The smallest absolute Gasteiger partial charge is 0.315 e. The number of amides is 2. The van der Waals surface area contributed by atoms with Gasteiger partial charge in [-0.2, -0.15) is 0 Å². The summed E-state index contributed by atoms with van der Waals surface area (Å²) >= 11 is 6.22. The fourth-order valence-corrected chi connectivity index (χ4v) is 3.22. The highest BCUT2D eigenvalue weighted by Crippen LogP contribution is 2.38. The third kappa shape index (κ3) is 5.20. The standard InChI is InChI=1S/C20H23ClN2O4/c1-13(8-14-4-3-5-16(9-14)25-2)23-20(24)22-12-15-10-17(21)19-18(11-15)26-6-7-27-19/h3-5,9-11,13H,6-8,12H2,1-2H3,(H2,22,23,24). The minimum Gasteiger partial charge on any atom is -0.497 e. The number of methoxy groups -OCH3 is 1. The van der Waals surface area contributed by atoms with Gasteiger partial charge in [0.2, 0.25) is 0 Å². The molecule has 0 saturated heterocycles. The van der Waals surface area contributed by atoms with Crippen LogP contribution in [0.25, 0.3) is 0 Å². The predicted octanol–water partition coefficient (Wildman–Crippen LogP) is 3.55. The van der Waals surface area contributed by atoms with Crippen LogP contribution in [-0.2, 0) is 13.0 Å². The van der Waals surface area contributed by atoms with Gasteiger partial charge in [0.05, 0.1) is 12.1 Å².